The summed E-state index contributed by atoms with van der Waals surface area (Å²) in [4.78, 5) is 42.6. The molecule has 200 valence electrons. The molecule has 39 heavy (non-hydrogen) atoms. The van der Waals surface area contributed by atoms with Crippen molar-refractivity contribution in [3.8, 4) is 22.4 Å². The van der Waals surface area contributed by atoms with Crippen molar-refractivity contribution in [2.45, 2.75) is 19.5 Å². The number of benzene rings is 1. The minimum atomic E-state index is -0.342. The fourth-order valence-electron chi connectivity index (χ4n) is 4.82. The second-order valence-corrected chi connectivity index (χ2v) is 10.2. The summed E-state index contributed by atoms with van der Waals surface area (Å²) in [5, 5.41) is 7.51. The van der Waals surface area contributed by atoms with E-state index >= 15 is 0 Å². The Morgan fingerprint density at radius 1 is 1.13 bits per heavy atom. The number of pyridine rings is 2. The molecule has 0 radical (unpaired) electrons. The van der Waals surface area contributed by atoms with E-state index in [1.165, 1.54) is 4.57 Å². The molecular formula is C28H28ClN7O3. The minimum Gasteiger partial charge on any atom is -0.377 e. The van der Waals surface area contributed by atoms with E-state index in [4.69, 9.17) is 16.3 Å². The number of fused-ring (bicyclic) bond motifs is 1. The number of carbonyl (C=O) groups is 1. The van der Waals surface area contributed by atoms with Crippen molar-refractivity contribution >= 4 is 34.5 Å². The number of carbonyl (C=O) groups excluding carboxylic acids is 1. The van der Waals surface area contributed by atoms with Gasteiger partial charge in [-0.05, 0) is 31.2 Å². The van der Waals surface area contributed by atoms with Gasteiger partial charge >= 0.3 is 0 Å². The Morgan fingerprint density at radius 3 is 2.67 bits per heavy atom. The largest absolute Gasteiger partial charge is 0.377 e. The van der Waals surface area contributed by atoms with Gasteiger partial charge in [0.25, 0.3) is 5.56 Å². The standard InChI is InChI=1S/C28H28ClN7O3/c1-17-3-2-4-24(32-17)18-5-6-21(23(29)12-18)22-11-19-13-31-28(33-20-15-39-16-20)34-26(19)36(27(22)38)14-25(37)35-9-7-30-8-10-35/h2-6,11-13,20,30H,7-10,14-16H2,1H3,(H,31,33,34). The van der Waals surface area contributed by atoms with Gasteiger partial charge < -0.3 is 20.3 Å². The average molecular weight is 546 g/mol. The van der Waals surface area contributed by atoms with E-state index in [9.17, 15) is 9.59 Å². The Kier molecular flexibility index (Phi) is 6.99. The number of amides is 1. The lowest BCUT2D eigenvalue weighted by Gasteiger charge is -2.28. The van der Waals surface area contributed by atoms with E-state index in [0.29, 0.717) is 59.4 Å². The lowest BCUT2D eigenvalue weighted by molar-refractivity contribution is -0.132. The summed E-state index contributed by atoms with van der Waals surface area (Å²) >= 11 is 6.75. The first kappa shape index (κ1) is 25.4. The molecule has 0 atom stereocenters. The van der Waals surface area contributed by atoms with Crippen LogP contribution in [0.15, 0.2) is 53.5 Å². The summed E-state index contributed by atoms with van der Waals surface area (Å²) in [5.41, 5.74) is 3.54. The third-order valence-electron chi connectivity index (χ3n) is 7.00. The molecule has 0 saturated carbocycles. The number of halogens is 1. The number of rotatable bonds is 6. The molecule has 5 heterocycles. The van der Waals surface area contributed by atoms with Gasteiger partial charge in [0.15, 0.2) is 0 Å². The highest BCUT2D eigenvalue weighted by molar-refractivity contribution is 6.33. The fraction of sp³-hybridized carbons (Fsp3) is 0.321. The first-order valence-corrected chi connectivity index (χ1v) is 13.3. The van der Waals surface area contributed by atoms with Crippen LogP contribution < -0.4 is 16.2 Å². The molecule has 2 aliphatic heterocycles. The maximum absolute atomic E-state index is 14.0. The van der Waals surface area contributed by atoms with E-state index in [1.54, 1.807) is 17.2 Å². The maximum atomic E-state index is 14.0. The topological polar surface area (TPSA) is 114 Å². The monoisotopic (exact) mass is 545 g/mol. The summed E-state index contributed by atoms with van der Waals surface area (Å²) in [5.74, 6) is 0.254. The lowest BCUT2D eigenvalue weighted by atomic mass is 10.0. The van der Waals surface area contributed by atoms with Crippen LogP contribution in [-0.4, -0.2) is 75.8 Å². The number of aromatic nitrogens is 4. The summed E-state index contributed by atoms with van der Waals surface area (Å²) in [6, 6.07) is 13.2. The van der Waals surface area contributed by atoms with Gasteiger partial charge in [-0.3, -0.25) is 19.1 Å². The Bertz CT molecular complexity index is 1610. The molecule has 2 N–H and O–H groups in total. The normalized spacial score (nSPS) is 15.8. The zero-order valence-corrected chi connectivity index (χ0v) is 22.2. The summed E-state index contributed by atoms with van der Waals surface area (Å²) in [6.45, 7) is 5.57. The van der Waals surface area contributed by atoms with Gasteiger partial charge in [0, 0.05) is 65.2 Å². The predicted molar refractivity (Wildman–Crippen MR) is 150 cm³/mol. The van der Waals surface area contributed by atoms with Crippen molar-refractivity contribution in [1.82, 2.24) is 29.7 Å². The molecule has 10 nitrogen and oxygen atoms in total. The third-order valence-corrected chi connectivity index (χ3v) is 7.32. The van der Waals surface area contributed by atoms with Crippen molar-refractivity contribution in [3.05, 3.63) is 69.7 Å². The van der Waals surface area contributed by atoms with Crippen molar-refractivity contribution in [3.63, 3.8) is 0 Å². The fourth-order valence-corrected chi connectivity index (χ4v) is 5.10. The molecule has 6 rings (SSSR count). The van der Waals surface area contributed by atoms with Crippen LogP contribution in [0.3, 0.4) is 0 Å². The highest BCUT2D eigenvalue weighted by atomic mass is 35.5. The molecule has 11 heteroatoms. The highest BCUT2D eigenvalue weighted by Crippen LogP contribution is 2.31. The molecular weight excluding hydrogens is 518 g/mol. The molecule has 1 amide bonds. The van der Waals surface area contributed by atoms with E-state index in [0.717, 1.165) is 30.0 Å². The van der Waals surface area contributed by atoms with Crippen molar-refractivity contribution in [2.75, 3.05) is 44.7 Å². The van der Waals surface area contributed by atoms with Crippen LogP contribution in [0.2, 0.25) is 5.02 Å². The van der Waals surface area contributed by atoms with Gasteiger partial charge in [0.2, 0.25) is 11.9 Å². The van der Waals surface area contributed by atoms with Crippen LogP contribution in [-0.2, 0) is 16.1 Å². The molecule has 3 aromatic heterocycles. The molecule has 2 fully saturated rings. The van der Waals surface area contributed by atoms with Crippen LogP contribution >= 0.6 is 11.6 Å². The molecule has 0 unspecified atom stereocenters. The highest BCUT2D eigenvalue weighted by Gasteiger charge is 2.23. The number of piperazine rings is 1. The Balaban J connectivity index is 1.43. The van der Waals surface area contributed by atoms with Crippen LogP contribution in [0.4, 0.5) is 5.95 Å². The molecule has 4 aromatic rings. The number of ether oxygens (including phenoxy) is 1. The first-order chi connectivity index (χ1) is 19.0. The van der Waals surface area contributed by atoms with E-state index in [-0.39, 0.29) is 24.1 Å². The number of anilines is 1. The van der Waals surface area contributed by atoms with Gasteiger partial charge in [-0.25, -0.2) is 4.98 Å². The number of nitrogens with zero attached hydrogens (tertiary/aromatic N) is 5. The van der Waals surface area contributed by atoms with E-state index in [1.807, 2.05) is 43.3 Å². The molecule has 2 saturated heterocycles. The summed E-state index contributed by atoms with van der Waals surface area (Å²) in [7, 11) is 0. The second-order valence-electron chi connectivity index (χ2n) is 9.79. The van der Waals surface area contributed by atoms with Crippen molar-refractivity contribution in [1.29, 1.82) is 0 Å². The molecule has 0 spiro atoms. The van der Waals surface area contributed by atoms with Crippen molar-refractivity contribution < 1.29 is 9.53 Å². The van der Waals surface area contributed by atoms with Crippen LogP contribution in [0.1, 0.15) is 5.69 Å². The van der Waals surface area contributed by atoms with Gasteiger partial charge in [-0.1, -0.05) is 29.8 Å². The molecule has 0 bridgehead atoms. The molecule has 0 aliphatic carbocycles. The van der Waals surface area contributed by atoms with Gasteiger partial charge in [0.1, 0.15) is 12.2 Å². The maximum Gasteiger partial charge on any atom is 0.260 e. The predicted octanol–water partition coefficient (Wildman–Crippen LogP) is 2.72. The molecule has 2 aliphatic rings. The SMILES string of the molecule is Cc1cccc(-c2ccc(-c3cc4cnc(NC5COC5)nc4n(CC(=O)N4CCNCC4)c3=O)c(Cl)c2)n1. The van der Waals surface area contributed by atoms with Crippen LogP contribution in [0.25, 0.3) is 33.4 Å². The summed E-state index contributed by atoms with van der Waals surface area (Å²) < 4.78 is 6.67. The van der Waals surface area contributed by atoms with Crippen molar-refractivity contribution in [2.24, 2.45) is 0 Å². The lowest BCUT2D eigenvalue weighted by Crippen LogP contribution is -2.48. The van der Waals surface area contributed by atoms with Gasteiger partial charge in [-0.15, -0.1) is 0 Å². The Labute approximate surface area is 230 Å². The van der Waals surface area contributed by atoms with Gasteiger partial charge in [-0.2, -0.15) is 4.98 Å². The third kappa shape index (κ3) is 5.23. The number of aryl methyl sites for hydroxylation is 1. The van der Waals surface area contributed by atoms with E-state index < -0.39 is 0 Å². The number of nitrogens with one attached hydrogen (secondary N) is 2. The summed E-state index contributed by atoms with van der Waals surface area (Å²) in [6.07, 6.45) is 1.66. The second kappa shape index (κ2) is 10.7. The molecule has 1 aromatic carbocycles. The minimum absolute atomic E-state index is 0.115. The quantitative estimate of drug-likeness (QED) is 0.380. The van der Waals surface area contributed by atoms with E-state index in [2.05, 4.69) is 25.6 Å². The first-order valence-electron chi connectivity index (χ1n) is 12.9. The van der Waals surface area contributed by atoms with Gasteiger partial charge in [0.05, 0.1) is 24.9 Å². The zero-order valence-electron chi connectivity index (χ0n) is 21.5. The zero-order chi connectivity index (χ0) is 26.9. The van der Waals surface area contributed by atoms with Crippen LogP contribution in [0, 0.1) is 6.92 Å². The number of hydrogen-bond acceptors (Lipinski definition) is 8. The smallest absolute Gasteiger partial charge is 0.260 e. The Morgan fingerprint density at radius 2 is 1.95 bits per heavy atom. The number of hydrogen-bond donors (Lipinski definition) is 2. The Hall–Kier alpha value is -3.86. The average Bonchev–Trinajstić information content (AvgIpc) is 2.93. The van der Waals surface area contributed by atoms with Crippen LogP contribution in [0.5, 0.6) is 0 Å².